The van der Waals surface area contributed by atoms with Crippen molar-refractivity contribution in [3.8, 4) is 0 Å². The second-order valence-electron chi connectivity index (χ2n) is 5.60. The third-order valence-corrected chi connectivity index (χ3v) is 4.85. The van der Waals surface area contributed by atoms with Crippen LogP contribution in [0.15, 0.2) is 0 Å². The van der Waals surface area contributed by atoms with Gasteiger partial charge in [-0.05, 0) is 59.5 Å². The monoisotopic (exact) mass is 267 g/mol. The molecule has 3 nitrogen and oxygen atoms in total. The molecule has 1 atom stereocenters. The van der Waals surface area contributed by atoms with Crippen molar-refractivity contribution < 1.29 is 0 Å². The molecular formula is C14H25N3S. The molecule has 1 aromatic rings. The number of aryl methyl sites for hydroxylation is 2. The fraction of sp³-hybridized carbons (Fsp3) is 0.786. The van der Waals surface area contributed by atoms with Gasteiger partial charge in [-0.3, -0.25) is 0 Å². The van der Waals surface area contributed by atoms with E-state index >= 15 is 0 Å². The van der Waals surface area contributed by atoms with Crippen molar-refractivity contribution in [1.82, 2.24) is 10.3 Å². The van der Waals surface area contributed by atoms with Gasteiger partial charge in [0.05, 0.1) is 5.69 Å². The lowest BCUT2D eigenvalue weighted by Gasteiger charge is -2.32. The topological polar surface area (TPSA) is 28.2 Å². The van der Waals surface area contributed by atoms with Crippen molar-refractivity contribution in [2.75, 3.05) is 24.5 Å². The zero-order chi connectivity index (χ0) is 13.1. The maximum atomic E-state index is 4.72. The Hall–Kier alpha value is -0.610. The zero-order valence-electron chi connectivity index (χ0n) is 12.0. The molecule has 102 valence electrons. The zero-order valence-corrected chi connectivity index (χ0v) is 12.8. The second kappa shape index (κ2) is 6.02. The van der Waals surface area contributed by atoms with Crippen LogP contribution in [-0.2, 0) is 0 Å². The lowest BCUT2D eigenvalue weighted by atomic mass is 9.99. The van der Waals surface area contributed by atoms with Crippen LogP contribution in [0.1, 0.15) is 37.3 Å². The molecule has 2 rings (SSSR count). The number of rotatable bonds is 4. The van der Waals surface area contributed by atoms with E-state index < -0.39 is 0 Å². The maximum absolute atomic E-state index is 4.72. The van der Waals surface area contributed by atoms with Gasteiger partial charge in [-0.1, -0.05) is 0 Å². The molecule has 0 radical (unpaired) electrons. The van der Waals surface area contributed by atoms with Crippen LogP contribution in [0, 0.1) is 19.8 Å². The fourth-order valence-electron chi connectivity index (χ4n) is 2.45. The Morgan fingerprint density at radius 2 is 2.22 bits per heavy atom. The van der Waals surface area contributed by atoms with E-state index in [4.69, 9.17) is 4.98 Å². The van der Waals surface area contributed by atoms with Gasteiger partial charge in [0, 0.05) is 17.5 Å². The van der Waals surface area contributed by atoms with Crippen molar-refractivity contribution in [3.63, 3.8) is 0 Å². The van der Waals surface area contributed by atoms with Gasteiger partial charge in [-0.25, -0.2) is 4.98 Å². The minimum absolute atomic E-state index is 0.525. The normalized spacial score (nSPS) is 20.4. The number of aromatic nitrogens is 1. The van der Waals surface area contributed by atoms with Crippen LogP contribution in [0.3, 0.4) is 0 Å². The summed E-state index contributed by atoms with van der Waals surface area (Å²) in [6.07, 6.45) is 2.66. The minimum atomic E-state index is 0.525. The summed E-state index contributed by atoms with van der Waals surface area (Å²) in [6.45, 7) is 12.3. The smallest absolute Gasteiger partial charge is 0.185 e. The van der Waals surface area contributed by atoms with Crippen LogP contribution in [0.25, 0.3) is 0 Å². The number of piperidine rings is 1. The molecule has 18 heavy (non-hydrogen) atoms. The number of nitrogens with zero attached hydrogens (tertiary/aromatic N) is 2. The van der Waals surface area contributed by atoms with Gasteiger partial charge < -0.3 is 10.2 Å². The third-order valence-electron chi connectivity index (χ3n) is 3.74. The molecule has 1 fully saturated rings. The van der Waals surface area contributed by atoms with Crippen LogP contribution >= 0.6 is 11.3 Å². The lowest BCUT2D eigenvalue weighted by Crippen LogP contribution is -2.41. The number of hydrogen-bond acceptors (Lipinski definition) is 4. The van der Waals surface area contributed by atoms with Gasteiger partial charge >= 0.3 is 0 Å². The standard InChI is InChI=1S/C14H25N3S/c1-10(2)17(9-13-6-5-7-15-8-13)14-16-11(3)12(4)18-14/h10,13,15H,5-9H2,1-4H3. The highest BCUT2D eigenvalue weighted by Crippen LogP contribution is 2.28. The number of anilines is 1. The predicted octanol–water partition coefficient (Wildman–Crippen LogP) is 2.97. The molecule has 1 aliphatic rings. The van der Waals surface area contributed by atoms with Gasteiger partial charge in [0.25, 0.3) is 0 Å². The Kier molecular flexibility index (Phi) is 4.62. The maximum Gasteiger partial charge on any atom is 0.185 e. The summed E-state index contributed by atoms with van der Waals surface area (Å²) in [5.41, 5.74) is 1.18. The first-order valence-corrected chi connectivity index (χ1v) is 7.81. The lowest BCUT2D eigenvalue weighted by molar-refractivity contribution is 0.371. The van der Waals surface area contributed by atoms with Crippen LogP contribution < -0.4 is 10.2 Å². The minimum Gasteiger partial charge on any atom is -0.345 e. The first-order valence-electron chi connectivity index (χ1n) is 6.99. The quantitative estimate of drug-likeness (QED) is 0.909. The van der Waals surface area contributed by atoms with E-state index in [0.29, 0.717) is 6.04 Å². The van der Waals surface area contributed by atoms with Gasteiger partial charge in [0.2, 0.25) is 0 Å². The van der Waals surface area contributed by atoms with E-state index in [1.807, 2.05) is 11.3 Å². The summed E-state index contributed by atoms with van der Waals surface area (Å²) in [7, 11) is 0. The molecule has 1 aliphatic heterocycles. The second-order valence-corrected chi connectivity index (χ2v) is 6.78. The first kappa shape index (κ1) is 13.8. The molecule has 2 heterocycles. The van der Waals surface area contributed by atoms with E-state index in [2.05, 4.69) is 37.9 Å². The molecule has 4 heteroatoms. The van der Waals surface area contributed by atoms with Crippen LogP contribution in [-0.4, -0.2) is 30.7 Å². The van der Waals surface area contributed by atoms with E-state index in [9.17, 15) is 0 Å². The molecule has 1 unspecified atom stereocenters. The molecule has 0 saturated carbocycles. The van der Waals surface area contributed by atoms with E-state index in [1.165, 1.54) is 35.1 Å². The number of hydrogen-bond donors (Lipinski definition) is 1. The Morgan fingerprint density at radius 3 is 2.72 bits per heavy atom. The average Bonchev–Trinajstić information content (AvgIpc) is 2.67. The van der Waals surface area contributed by atoms with E-state index in [0.717, 1.165) is 19.0 Å². The van der Waals surface area contributed by atoms with E-state index in [-0.39, 0.29) is 0 Å². The Labute approximate surface area is 115 Å². The van der Waals surface area contributed by atoms with Gasteiger partial charge in [-0.15, -0.1) is 11.3 Å². The highest BCUT2D eigenvalue weighted by molar-refractivity contribution is 7.15. The van der Waals surface area contributed by atoms with Gasteiger partial charge in [-0.2, -0.15) is 0 Å². The highest BCUT2D eigenvalue weighted by Gasteiger charge is 2.21. The molecule has 0 spiro atoms. The number of thiazole rings is 1. The predicted molar refractivity (Wildman–Crippen MR) is 79.7 cm³/mol. The van der Waals surface area contributed by atoms with Crippen molar-refractivity contribution in [2.24, 2.45) is 5.92 Å². The molecule has 0 aromatic carbocycles. The number of nitrogens with one attached hydrogen (secondary N) is 1. The largest absolute Gasteiger partial charge is 0.345 e. The SMILES string of the molecule is Cc1nc(N(CC2CCCNC2)C(C)C)sc1C. The van der Waals surface area contributed by atoms with Crippen molar-refractivity contribution in [1.29, 1.82) is 0 Å². The van der Waals surface area contributed by atoms with E-state index in [1.54, 1.807) is 0 Å². The molecule has 0 bridgehead atoms. The van der Waals surface area contributed by atoms with Crippen molar-refractivity contribution in [3.05, 3.63) is 10.6 Å². The van der Waals surface area contributed by atoms with Crippen LogP contribution in [0.5, 0.6) is 0 Å². The summed E-state index contributed by atoms with van der Waals surface area (Å²) >= 11 is 1.83. The van der Waals surface area contributed by atoms with Crippen LogP contribution in [0.2, 0.25) is 0 Å². The Bertz CT molecular complexity index is 361. The van der Waals surface area contributed by atoms with Crippen LogP contribution in [0.4, 0.5) is 5.13 Å². The molecular weight excluding hydrogens is 242 g/mol. The summed E-state index contributed by atoms with van der Waals surface area (Å²) < 4.78 is 0. The summed E-state index contributed by atoms with van der Waals surface area (Å²) in [5, 5.41) is 4.70. The molecule has 0 aliphatic carbocycles. The Morgan fingerprint density at radius 1 is 1.44 bits per heavy atom. The molecule has 0 amide bonds. The van der Waals surface area contributed by atoms with Crippen molar-refractivity contribution >= 4 is 16.5 Å². The fourth-order valence-corrected chi connectivity index (χ4v) is 3.50. The van der Waals surface area contributed by atoms with Gasteiger partial charge in [0.15, 0.2) is 5.13 Å². The molecule has 1 aromatic heterocycles. The Balaban J connectivity index is 2.07. The summed E-state index contributed by atoms with van der Waals surface area (Å²) in [6, 6.07) is 0.525. The third kappa shape index (κ3) is 3.23. The summed E-state index contributed by atoms with van der Waals surface area (Å²) in [4.78, 5) is 8.54. The first-order chi connectivity index (χ1) is 8.58. The van der Waals surface area contributed by atoms with Crippen molar-refractivity contribution in [2.45, 2.75) is 46.6 Å². The molecule has 1 saturated heterocycles. The van der Waals surface area contributed by atoms with Gasteiger partial charge in [0.1, 0.15) is 0 Å². The summed E-state index contributed by atoms with van der Waals surface area (Å²) in [5.74, 6) is 0.769. The average molecular weight is 267 g/mol. The highest BCUT2D eigenvalue weighted by atomic mass is 32.1. The molecule has 1 N–H and O–H groups in total.